The second-order valence-corrected chi connectivity index (χ2v) is 5.40. The molecule has 0 spiro atoms. The molecule has 19 heavy (non-hydrogen) atoms. The van der Waals surface area contributed by atoms with Crippen molar-refractivity contribution in [2.24, 2.45) is 11.7 Å². The van der Waals surface area contributed by atoms with Crippen LogP contribution >= 0.6 is 0 Å². The number of amides is 2. The van der Waals surface area contributed by atoms with Crippen molar-refractivity contribution in [2.75, 3.05) is 33.2 Å². The number of piperazine rings is 1. The highest BCUT2D eigenvalue weighted by Gasteiger charge is 2.24. The molecule has 1 rings (SSSR count). The van der Waals surface area contributed by atoms with Gasteiger partial charge in [0.25, 0.3) is 0 Å². The highest BCUT2D eigenvalue weighted by molar-refractivity contribution is 5.85. The van der Waals surface area contributed by atoms with Crippen LogP contribution in [-0.4, -0.2) is 54.8 Å². The summed E-state index contributed by atoms with van der Waals surface area (Å²) in [5, 5.41) is 0. The Morgan fingerprint density at radius 1 is 1.32 bits per heavy atom. The van der Waals surface area contributed by atoms with Crippen molar-refractivity contribution in [3.05, 3.63) is 0 Å². The van der Waals surface area contributed by atoms with Crippen molar-refractivity contribution in [3.63, 3.8) is 0 Å². The Morgan fingerprint density at radius 3 is 2.63 bits per heavy atom. The Balaban J connectivity index is 2.35. The number of carbonyl (C=O) groups excluding carboxylic acids is 2. The Labute approximate surface area is 116 Å². The minimum Gasteiger partial charge on any atom is -0.342 e. The van der Waals surface area contributed by atoms with Gasteiger partial charge in [-0.1, -0.05) is 19.8 Å². The van der Waals surface area contributed by atoms with E-state index in [0.717, 1.165) is 25.7 Å². The van der Waals surface area contributed by atoms with E-state index in [1.165, 1.54) is 0 Å². The van der Waals surface area contributed by atoms with E-state index in [4.69, 9.17) is 5.73 Å². The number of nitrogens with zero attached hydrogens (tertiary/aromatic N) is 2. The molecule has 0 aromatic rings. The quantitative estimate of drug-likeness (QED) is 0.744. The van der Waals surface area contributed by atoms with E-state index in [2.05, 4.69) is 6.92 Å². The zero-order chi connectivity index (χ0) is 14.3. The van der Waals surface area contributed by atoms with Gasteiger partial charge in [0.2, 0.25) is 11.8 Å². The predicted molar refractivity (Wildman–Crippen MR) is 75.5 cm³/mol. The molecule has 1 saturated heterocycles. The average molecular weight is 269 g/mol. The van der Waals surface area contributed by atoms with Gasteiger partial charge < -0.3 is 15.5 Å². The highest BCUT2D eigenvalue weighted by Crippen LogP contribution is 2.18. The Kier molecular flexibility index (Phi) is 6.84. The Bertz CT molecular complexity index is 301. The summed E-state index contributed by atoms with van der Waals surface area (Å²) in [5.74, 6) is 0.688. The first-order valence-corrected chi connectivity index (χ1v) is 7.30. The largest absolute Gasteiger partial charge is 0.342 e. The van der Waals surface area contributed by atoms with Gasteiger partial charge in [-0.05, 0) is 25.3 Å². The van der Waals surface area contributed by atoms with Crippen LogP contribution in [-0.2, 0) is 9.59 Å². The molecule has 1 aliphatic heterocycles. The number of nitrogens with two attached hydrogens (primary N) is 1. The van der Waals surface area contributed by atoms with Crippen LogP contribution in [0.4, 0.5) is 0 Å². The lowest BCUT2D eigenvalue weighted by Crippen LogP contribution is -2.50. The normalized spacial score (nSPS) is 17.7. The van der Waals surface area contributed by atoms with Crippen LogP contribution in [0.15, 0.2) is 0 Å². The standard InChI is InChI=1S/C14H27N3O2/c1-3-4-12(7-8-15)5-6-13(18)17-10-9-16(2)14(19)11-17/h12H,3-11,15H2,1-2H3. The van der Waals surface area contributed by atoms with Crippen molar-refractivity contribution < 1.29 is 9.59 Å². The summed E-state index contributed by atoms with van der Waals surface area (Å²) in [6, 6.07) is 0. The van der Waals surface area contributed by atoms with Crippen molar-refractivity contribution in [3.8, 4) is 0 Å². The molecule has 1 aliphatic rings. The van der Waals surface area contributed by atoms with E-state index in [1.54, 1.807) is 16.8 Å². The number of rotatable bonds is 7. The number of hydrogen-bond acceptors (Lipinski definition) is 3. The molecule has 0 radical (unpaired) electrons. The first kappa shape index (κ1) is 16.0. The van der Waals surface area contributed by atoms with Crippen LogP contribution in [0.5, 0.6) is 0 Å². The van der Waals surface area contributed by atoms with Gasteiger partial charge in [0.05, 0.1) is 6.54 Å². The second kappa shape index (κ2) is 8.15. The molecule has 0 saturated carbocycles. The molecular weight excluding hydrogens is 242 g/mol. The van der Waals surface area contributed by atoms with Gasteiger partial charge in [0.15, 0.2) is 0 Å². The third-order valence-corrected chi connectivity index (χ3v) is 3.85. The van der Waals surface area contributed by atoms with Gasteiger partial charge >= 0.3 is 0 Å². The SMILES string of the molecule is CCCC(CCN)CCC(=O)N1CCN(C)C(=O)C1. The molecule has 0 bridgehead atoms. The summed E-state index contributed by atoms with van der Waals surface area (Å²) in [6.07, 6.45) is 4.69. The maximum atomic E-state index is 12.1. The lowest BCUT2D eigenvalue weighted by atomic mass is 9.94. The Morgan fingerprint density at radius 2 is 2.05 bits per heavy atom. The molecule has 2 N–H and O–H groups in total. The minimum absolute atomic E-state index is 0.0340. The molecule has 2 amide bonds. The fraction of sp³-hybridized carbons (Fsp3) is 0.857. The van der Waals surface area contributed by atoms with Gasteiger partial charge in [0, 0.05) is 26.6 Å². The van der Waals surface area contributed by atoms with E-state index < -0.39 is 0 Å². The summed E-state index contributed by atoms with van der Waals surface area (Å²) in [6.45, 7) is 4.39. The van der Waals surface area contributed by atoms with Gasteiger partial charge in [-0.15, -0.1) is 0 Å². The second-order valence-electron chi connectivity index (χ2n) is 5.40. The predicted octanol–water partition coefficient (Wildman–Crippen LogP) is 0.832. The van der Waals surface area contributed by atoms with Gasteiger partial charge in [0.1, 0.15) is 0 Å². The molecule has 0 aromatic heterocycles. The topological polar surface area (TPSA) is 66.6 Å². The third kappa shape index (κ3) is 5.19. The van der Waals surface area contributed by atoms with Crippen LogP contribution in [0.2, 0.25) is 0 Å². The monoisotopic (exact) mass is 269 g/mol. The average Bonchev–Trinajstić information content (AvgIpc) is 2.39. The van der Waals surface area contributed by atoms with Crippen molar-refractivity contribution >= 4 is 11.8 Å². The van der Waals surface area contributed by atoms with Crippen molar-refractivity contribution in [1.29, 1.82) is 0 Å². The van der Waals surface area contributed by atoms with E-state index in [-0.39, 0.29) is 18.4 Å². The minimum atomic E-state index is 0.0340. The molecule has 5 nitrogen and oxygen atoms in total. The van der Waals surface area contributed by atoms with E-state index >= 15 is 0 Å². The van der Waals surface area contributed by atoms with Crippen molar-refractivity contribution in [2.45, 2.75) is 39.0 Å². The zero-order valence-electron chi connectivity index (χ0n) is 12.2. The highest BCUT2D eigenvalue weighted by atomic mass is 16.2. The molecule has 1 heterocycles. The molecule has 1 fully saturated rings. The molecule has 1 unspecified atom stereocenters. The van der Waals surface area contributed by atoms with E-state index in [1.807, 2.05) is 0 Å². The maximum Gasteiger partial charge on any atom is 0.241 e. The molecular formula is C14H27N3O2. The lowest BCUT2D eigenvalue weighted by molar-refractivity contribution is -0.144. The summed E-state index contributed by atoms with van der Waals surface area (Å²) in [4.78, 5) is 27.0. The fourth-order valence-corrected chi connectivity index (χ4v) is 2.53. The first-order valence-electron chi connectivity index (χ1n) is 7.30. The number of carbonyl (C=O) groups is 2. The van der Waals surface area contributed by atoms with Crippen LogP contribution < -0.4 is 5.73 Å². The fourth-order valence-electron chi connectivity index (χ4n) is 2.53. The maximum absolute atomic E-state index is 12.1. The molecule has 110 valence electrons. The summed E-state index contributed by atoms with van der Waals surface area (Å²) in [5.41, 5.74) is 5.60. The summed E-state index contributed by atoms with van der Waals surface area (Å²) >= 11 is 0. The molecule has 0 aliphatic carbocycles. The smallest absolute Gasteiger partial charge is 0.241 e. The summed E-state index contributed by atoms with van der Waals surface area (Å²) < 4.78 is 0. The lowest BCUT2D eigenvalue weighted by Gasteiger charge is -2.32. The molecule has 5 heteroatoms. The van der Waals surface area contributed by atoms with Crippen LogP contribution in [0.3, 0.4) is 0 Å². The first-order chi connectivity index (χ1) is 9.08. The van der Waals surface area contributed by atoms with Gasteiger partial charge in [-0.2, -0.15) is 0 Å². The number of likely N-dealkylation sites (N-methyl/N-ethyl adjacent to an activating group) is 1. The molecule has 0 aromatic carbocycles. The van der Waals surface area contributed by atoms with Crippen LogP contribution in [0, 0.1) is 5.92 Å². The Hall–Kier alpha value is -1.10. The van der Waals surface area contributed by atoms with Gasteiger partial charge in [-0.3, -0.25) is 9.59 Å². The van der Waals surface area contributed by atoms with Crippen LogP contribution in [0.1, 0.15) is 39.0 Å². The van der Waals surface area contributed by atoms with Gasteiger partial charge in [-0.25, -0.2) is 0 Å². The molecule has 1 atom stereocenters. The zero-order valence-corrected chi connectivity index (χ0v) is 12.2. The van der Waals surface area contributed by atoms with Crippen LogP contribution in [0.25, 0.3) is 0 Å². The third-order valence-electron chi connectivity index (χ3n) is 3.85. The van der Waals surface area contributed by atoms with E-state index in [9.17, 15) is 9.59 Å². The van der Waals surface area contributed by atoms with Crippen molar-refractivity contribution in [1.82, 2.24) is 9.80 Å². The number of hydrogen-bond donors (Lipinski definition) is 1. The summed E-state index contributed by atoms with van der Waals surface area (Å²) in [7, 11) is 1.78. The van der Waals surface area contributed by atoms with E-state index in [0.29, 0.717) is 32.0 Å².